The topological polar surface area (TPSA) is 80.9 Å². The molecular formula is C9H19BO4. The van der Waals surface area contributed by atoms with Crippen LogP contribution in [0.25, 0.3) is 0 Å². The lowest BCUT2D eigenvalue weighted by atomic mass is 9.83. The first-order valence-corrected chi connectivity index (χ1v) is 4.64. The predicted molar refractivity (Wildman–Crippen MR) is 55.6 cm³/mol. The second-order valence-corrected chi connectivity index (χ2v) is 4.45. The Balaban J connectivity index is 4.08. The van der Waals surface area contributed by atoms with E-state index in [9.17, 15) is 10.2 Å². The SMILES string of the molecule is CC(C)(C)C(O)C(O)/C=C/CB(O)O. The van der Waals surface area contributed by atoms with Gasteiger partial charge in [-0.05, 0) is 5.41 Å². The Morgan fingerprint density at radius 1 is 1.21 bits per heavy atom. The van der Waals surface area contributed by atoms with Gasteiger partial charge in [0.05, 0.1) is 12.2 Å². The Morgan fingerprint density at radius 3 is 2.07 bits per heavy atom. The summed E-state index contributed by atoms with van der Waals surface area (Å²) < 4.78 is 0. The Kier molecular flexibility index (Phi) is 5.37. The van der Waals surface area contributed by atoms with E-state index in [4.69, 9.17) is 10.0 Å². The van der Waals surface area contributed by atoms with E-state index in [1.54, 1.807) is 0 Å². The zero-order valence-corrected chi connectivity index (χ0v) is 8.88. The summed E-state index contributed by atoms with van der Waals surface area (Å²) in [5.41, 5.74) is -0.401. The van der Waals surface area contributed by atoms with Crippen molar-refractivity contribution in [3.05, 3.63) is 12.2 Å². The third-order valence-electron chi connectivity index (χ3n) is 1.89. The van der Waals surface area contributed by atoms with Gasteiger partial charge in [-0.15, -0.1) is 0 Å². The predicted octanol–water partition coefficient (Wildman–Crippen LogP) is -0.217. The monoisotopic (exact) mass is 202 g/mol. The minimum absolute atomic E-state index is 0.0495. The van der Waals surface area contributed by atoms with Gasteiger partial charge in [0.25, 0.3) is 0 Å². The number of hydrogen-bond acceptors (Lipinski definition) is 4. The lowest BCUT2D eigenvalue weighted by Gasteiger charge is -2.28. The fraction of sp³-hybridized carbons (Fsp3) is 0.778. The van der Waals surface area contributed by atoms with Gasteiger partial charge >= 0.3 is 7.12 Å². The molecule has 0 aromatic carbocycles. The molecule has 4 N–H and O–H groups in total. The first-order chi connectivity index (χ1) is 6.25. The molecule has 0 heterocycles. The van der Waals surface area contributed by atoms with Crippen molar-refractivity contribution in [1.82, 2.24) is 0 Å². The fourth-order valence-electron chi connectivity index (χ4n) is 0.957. The van der Waals surface area contributed by atoms with Crippen molar-refractivity contribution in [3.8, 4) is 0 Å². The average molecular weight is 202 g/mol. The summed E-state index contributed by atoms with van der Waals surface area (Å²) in [4.78, 5) is 0. The zero-order valence-electron chi connectivity index (χ0n) is 8.88. The highest BCUT2D eigenvalue weighted by atomic mass is 16.4. The zero-order chi connectivity index (χ0) is 11.4. The molecule has 0 aromatic rings. The molecule has 0 rings (SSSR count). The third kappa shape index (κ3) is 5.39. The van der Waals surface area contributed by atoms with E-state index < -0.39 is 24.7 Å². The number of rotatable bonds is 4. The van der Waals surface area contributed by atoms with Gasteiger partial charge in [-0.1, -0.05) is 32.9 Å². The molecule has 0 fully saturated rings. The minimum Gasteiger partial charge on any atom is -0.427 e. The Hall–Kier alpha value is -0.355. The van der Waals surface area contributed by atoms with Crippen molar-refractivity contribution >= 4 is 7.12 Å². The van der Waals surface area contributed by atoms with Crippen LogP contribution in [0.1, 0.15) is 20.8 Å². The van der Waals surface area contributed by atoms with Crippen LogP contribution in [0.3, 0.4) is 0 Å². The van der Waals surface area contributed by atoms with Gasteiger partial charge in [0.15, 0.2) is 0 Å². The van der Waals surface area contributed by atoms with Gasteiger partial charge < -0.3 is 20.3 Å². The molecule has 2 atom stereocenters. The van der Waals surface area contributed by atoms with Crippen LogP contribution in [0, 0.1) is 5.41 Å². The van der Waals surface area contributed by atoms with Gasteiger partial charge in [-0.25, -0.2) is 0 Å². The van der Waals surface area contributed by atoms with Crippen LogP contribution in [0.15, 0.2) is 12.2 Å². The molecule has 0 aliphatic rings. The first-order valence-electron chi connectivity index (χ1n) is 4.64. The molecule has 0 saturated carbocycles. The molecule has 0 radical (unpaired) electrons. The molecule has 82 valence electrons. The maximum absolute atomic E-state index is 9.59. The smallest absolute Gasteiger partial charge is 0.427 e. The van der Waals surface area contributed by atoms with Crippen molar-refractivity contribution < 1.29 is 20.3 Å². The van der Waals surface area contributed by atoms with E-state index >= 15 is 0 Å². The van der Waals surface area contributed by atoms with E-state index in [-0.39, 0.29) is 6.32 Å². The number of hydrogen-bond donors (Lipinski definition) is 4. The number of aliphatic hydroxyl groups excluding tert-OH is 2. The molecule has 4 nitrogen and oxygen atoms in total. The second-order valence-electron chi connectivity index (χ2n) is 4.45. The first kappa shape index (κ1) is 13.6. The molecule has 2 unspecified atom stereocenters. The highest BCUT2D eigenvalue weighted by Crippen LogP contribution is 2.22. The van der Waals surface area contributed by atoms with Crippen LogP contribution in [0.2, 0.25) is 6.32 Å². The largest absolute Gasteiger partial charge is 0.455 e. The van der Waals surface area contributed by atoms with Crippen LogP contribution in [-0.4, -0.2) is 39.6 Å². The summed E-state index contributed by atoms with van der Waals surface area (Å²) in [6, 6.07) is 0. The van der Waals surface area contributed by atoms with Crippen molar-refractivity contribution in [3.63, 3.8) is 0 Å². The number of aliphatic hydroxyl groups is 2. The van der Waals surface area contributed by atoms with E-state index in [0.29, 0.717) is 0 Å². The quantitative estimate of drug-likeness (QED) is 0.375. The van der Waals surface area contributed by atoms with Crippen molar-refractivity contribution in [2.45, 2.75) is 39.3 Å². The average Bonchev–Trinajstić information content (AvgIpc) is 2.00. The van der Waals surface area contributed by atoms with Crippen molar-refractivity contribution in [2.24, 2.45) is 5.41 Å². The standard InChI is InChI=1S/C9H19BO4/c1-9(2,3)8(12)7(11)5-4-6-10(13)14/h4-5,7-8,11-14H,6H2,1-3H3/b5-4+. The fourth-order valence-corrected chi connectivity index (χ4v) is 0.957. The molecule has 0 saturated heterocycles. The summed E-state index contributed by atoms with van der Waals surface area (Å²) in [7, 11) is -1.41. The Bertz CT molecular complexity index is 186. The van der Waals surface area contributed by atoms with Gasteiger partial charge in [0, 0.05) is 6.32 Å². The number of allylic oxidation sites excluding steroid dienone is 1. The van der Waals surface area contributed by atoms with E-state index in [2.05, 4.69) is 0 Å². The summed E-state index contributed by atoms with van der Waals surface area (Å²) >= 11 is 0. The summed E-state index contributed by atoms with van der Waals surface area (Å²) in [5, 5.41) is 36.1. The van der Waals surface area contributed by atoms with Gasteiger partial charge in [0.1, 0.15) is 0 Å². The van der Waals surface area contributed by atoms with Crippen LogP contribution in [0.4, 0.5) is 0 Å². The lowest BCUT2D eigenvalue weighted by Crippen LogP contribution is -2.36. The van der Waals surface area contributed by atoms with Crippen molar-refractivity contribution in [1.29, 1.82) is 0 Å². The van der Waals surface area contributed by atoms with Gasteiger partial charge in [-0.2, -0.15) is 0 Å². The summed E-state index contributed by atoms with van der Waals surface area (Å²) in [5.74, 6) is 0. The summed E-state index contributed by atoms with van der Waals surface area (Å²) in [6.45, 7) is 5.45. The van der Waals surface area contributed by atoms with E-state index in [0.717, 1.165) is 0 Å². The molecule has 0 aromatic heterocycles. The molecule has 5 heteroatoms. The maximum Gasteiger partial charge on any atom is 0.455 e. The van der Waals surface area contributed by atoms with Crippen LogP contribution < -0.4 is 0 Å². The second kappa shape index (κ2) is 5.51. The van der Waals surface area contributed by atoms with Crippen LogP contribution in [0.5, 0.6) is 0 Å². The van der Waals surface area contributed by atoms with Gasteiger partial charge in [-0.3, -0.25) is 0 Å². The van der Waals surface area contributed by atoms with Crippen LogP contribution >= 0.6 is 0 Å². The molecule has 0 aliphatic heterocycles. The van der Waals surface area contributed by atoms with E-state index in [1.807, 2.05) is 20.8 Å². The molecule has 0 amide bonds. The molecular weight excluding hydrogens is 183 g/mol. The molecule has 14 heavy (non-hydrogen) atoms. The maximum atomic E-state index is 9.59. The molecule has 0 aliphatic carbocycles. The van der Waals surface area contributed by atoms with E-state index in [1.165, 1.54) is 12.2 Å². The lowest BCUT2D eigenvalue weighted by molar-refractivity contribution is -0.0218. The highest BCUT2D eigenvalue weighted by molar-refractivity contribution is 6.41. The van der Waals surface area contributed by atoms with Crippen LogP contribution in [-0.2, 0) is 0 Å². The minimum atomic E-state index is -1.41. The highest BCUT2D eigenvalue weighted by Gasteiger charge is 2.27. The summed E-state index contributed by atoms with van der Waals surface area (Å²) in [6.07, 6.45) is 1.01. The van der Waals surface area contributed by atoms with Gasteiger partial charge in [0.2, 0.25) is 0 Å². The Morgan fingerprint density at radius 2 is 1.71 bits per heavy atom. The molecule has 0 spiro atoms. The third-order valence-corrected chi connectivity index (χ3v) is 1.89. The van der Waals surface area contributed by atoms with Crippen molar-refractivity contribution in [2.75, 3.05) is 0 Å². The normalized spacial score (nSPS) is 17.1. The Labute approximate surface area is 85.0 Å². The molecule has 0 bridgehead atoms.